The van der Waals surface area contributed by atoms with E-state index >= 15 is 0 Å². The highest BCUT2D eigenvalue weighted by molar-refractivity contribution is 9.10. The van der Waals surface area contributed by atoms with Crippen LogP contribution in [0.3, 0.4) is 0 Å². The maximum atomic E-state index is 13.4. The Morgan fingerprint density at radius 1 is 1.55 bits per heavy atom. The Hall–Kier alpha value is -1.43. The van der Waals surface area contributed by atoms with Crippen LogP contribution in [0.1, 0.15) is 30.1 Å². The molecule has 20 heavy (non-hydrogen) atoms. The first-order valence-electron chi connectivity index (χ1n) is 6.51. The van der Waals surface area contributed by atoms with Crippen molar-refractivity contribution in [3.05, 3.63) is 34.1 Å². The topological polar surface area (TPSA) is 49.4 Å². The maximum absolute atomic E-state index is 13.4. The van der Waals surface area contributed by atoms with Crippen LogP contribution in [0.15, 0.2) is 22.7 Å². The molecule has 1 unspecified atom stereocenters. The molecule has 0 aromatic heterocycles. The average molecular weight is 343 g/mol. The van der Waals surface area contributed by atoms with Gasteiger partial charge in [-0.15, -0.1) is 0 Å². The summed E-state index contributed by atoms with van der Waals surface area (Å²) < 4.78 is 13.7. The van der Waals surface area contributed by atoms with E-state index in [-0.39, 0.29) is 23.4 Å². The molecule has 1 aromatic carbocycles. The Balaban J connectivity index is 1.93. The zero-order valence-electron chi connectivity index (χ0n) is 11.2. The standard InChI is InChI=1S/C14H16BrFN2O2/c1-9(8-18-6-2-3-13(18)19)17-14(20)10-4-5-11(15)12(16)7-10/h4-5,7,9H,2-3,6,8H2,1H3,(H,17,20). The smallest absolute Gasteiger partial charge is 0.251 e. The van der Waals surface area contributed by atoms with Crippen LogP contribution < -0.4 is 5.32 Å². The number of hydrogen-bond acceptors (Lipinski definition) is 2. The van der Waals surface area contributed by atoms with Crippen molar-refractivity contribution in [1.82, 2.24) is 10.2 Å². The van der Waals surface area contributed by atoms with Crippen LogP contribution in [-0.2, 0) is 4.79 Å². The molecule has 1 N–H and O–H groups in total. The van der Waals surface area contributed by atoms with Gasteiger partial charge in [-0.3, -0.25) is 9.59 Å². The van der Waals surface area contributed by atoms with E-state index in [0.717, 1.165) is 13.0 Å². The molecule has 0 saturated carbocycles. The van der Waals surface area contributed by atoms with E-state index in [1.165, 1.54) is 12.1 Å². The first kappa shape index (κ1) is 15.0. The molecule has 0 spiro atoms. The van der Waals surface area contributed by atoms with Gasteiger partial charge in [0.2, 0.25) is 5.91 Å². The van der Waals surface area contributed by atoms with Gasteiger partial charge >= 0.3 is 0 Å². The van der Waals surface area contributed by atoms with Crippen molar-refractivity contribution in [1.29, 1.82) is 0 Å². The average Bonchev–Trinajstić information content (AvgIpc) is 2.78. The van der Waals surface area contributed by atoms with Crippen LogP contribution in [0.2, 0.25) is 0 Å². The third-order valence-electron chi connectivity index (χ3n) is 3.22. The lowest BCUT2D eigenvalue weighted by molar-refractivity contribution is -0.127. The molecular formula is C14H16BrFN2O2. The summed E-state index contributed by atoms with van der Waals surface area (Å²) in [6.45, 7) is 3.06. The van der Waals surface area contributed by atoms with Gasteiger partial charge in [-0.1, -0.05) is 0 Å². The van der Waals surface area contributed by atoms with Gasteiger partial charge in [0.15, 0.2) is 0 Å². The maximum Gasteiger partial charge on any atom is 0.251 e. The molecule has 1 saturated heterocycles. The predicted octanol–water partition coefficient (Wildman–Crippen LogP) is 2.33. The Morgan fingerprint density at radius 3 is 2.90 bits per heavy atom. The number of amides is 2. The third-order valence-corrected chi connectivity index (χ3v) is 3.87. The molecule has 0 aliphatic carbocycles. The van der Waals surface area contributed by atoms with E-state index < -0.39 is 5.82 Å². The highest BCUT2D eigenvalue weighted by atomic mass is 79.9. The number of nitrogens with zero attached hydrogens (tertiary/aromatic N) is 1. The SMILES string of the molecule is CC(CN1CCCC1=O)NC(=O)c1ccc(Br)c(F)c1. The van der Waals surface area contributed by atoms with E-state index in [2.05, 4.69) is 21.2 Å². The van der Waals surface area contributed by atoms with Crippen molar-refractivity contribution in [2.45, 2.75) is 25.8 Å². The molecule has 2 amide bonds. The van der Waals surface area contributed by atoms with Gasteiger partial charge in [-0.2, -0.15) is 0 Å². The fourth-order valence-electron chi connectivity index (χ4n) is 2.22. The summed E-state index contributed by atoms with van der Waals surface area (Å²) in [6.07, 6.45) is 1.45. The van der Waals surface area contributed by atoms with Crippen molar-refractivity contribution in [3.63, 3.8) is 0 Å². The molecule has 1 atom stereocenters. The highest BCUT2D eigenvalue weighted by Gasteiger charge is 2.22. The van der Waals surface area contributed by atoms with Gasteiger partial charge in [0, 0.05) is 31.1 Å². The number of likely N-dealkylation sites (tertiary alicyclic amines) is 1. The van der Waals surface area contributed by atoms with Crippen molar-refractivity contribution in [2.24, 2.45) is 0 Å². The van der Waals surface area contributed by atoms with Gasteiger partial charge < -0.3 is 10.2 Å². The number of rotatable bonds is 4. The number of benzene rings is 1. The second kappa shape index (κ2) is 6.35. The molecular weight excluding hydrogens is 327 g/mol. The van der Waals surface area contributed by atoms with Gasteiger partial charge in [0.1, 0.15) is 5.82 Å². The van der Waals surface area contributed by atoms with Crippen LogP contribution in [0.5, 0.6) is 0 Å². The first-order valence-corrected chi connectivity index (χ1v) is 7.30. The fraction of sp³-hybridized carbons (Fsp3) is 0.429. The summed E-state index contributed by atoms with van der Waals surface area (Å²) in [5.41, 5.74) is 0.269. The van der Waals surface area contributed by atoms with Gasteiger partial charge in [0.25, 0.3) is 5.91 Å². The summed E-state index contributed by atoms with van der Waals surface area (Å²) in [5, 5.41) is 2.78. The number of carbonyl (C=O) groups is 2. The molecule has 6 heteroatoms. The second-order valence-corrected chi connectivity index (χ2v) is 5.80. The van der Waals surface area contributed by atoms with Crippen LogP contribution in [0, 0.1) is 5.82 Å². The highest BCUT2D eigenvalue weighted by Crippen LogP contribution is 2.16. The van der Waals surface area contributed by atoms with Crippen LogP contribution >= 0.6 is 15.9 Å². The number of halogens is 2. The Morgan fingerprint density at radius 2 is 2.30 bits per heavy atom. The van der Waals surface area contributed by atoms with Gasteiger partial charge in [0.05, 0.1) is 4.47 Å². The van der Waals surface area contributed by atoms with Gasteiger partial charge in [-0.25, -0.2) is 4.39 Å². The van der Waals surface area contributed by atoms with Crippen molar-refractivity contribution < 1.29 is 14.0 Å². The summed E-state index contributed by atoms with van der Waals surface area (Å²) in [5.74, 6) is -0.684. The quantitative estimate of drug-likeness (QED) is 0.912. The molecule has 108 valence electrons. The molecule has 2 rings (SSSR count). The predicted molar refractivity (Wildman–Crippen MR) is 76.8 cm³/mol. The molecule has 0 radical (unpaired) electrons. The molecule has 1 aromatic rings. The molecule has 1 fully saturated rings. The van der Waals surface area contributed by atoms with Crippen molar-refractivity contribution in [3.8, 4) is 0 Å². The number of hydrogen-bond donors (Lipinski definition) is 1. The Kier molecular flexibility index (Phi) is 4.75. The zero-order valence-corrected chi connectivity index (χ0v) is 12.7. The second-order valence-electron chi connectivity index (χ2n) is 4.95. The monoisotopic (exact) mass is 342 g/mol. The molecule has 4 nitrogen and oxygen atoms in total. The van der Waals surface area contributed by atoms with E-state index in [4.69, 9.17) is 0 Å². The first-order chi connectivity index (χ1) is 9.47. The Bertz CT molecular complexity index is 536. The van der Waals surface area contributed by atoms with E-state index in [1.54, 1.807) is 11.0 Å². The molecule has 0 bridgehead atoms. The van der Waals surface area contributed by atoms with Gasteiger partial charge in [-0.05, 0) is 47.5 Å². The fourth-order valence-corrected chi connectivity index (χ4v) is 2.46. The molecule has 1 heterocycles. The van der Waals surface area contributed by atoms with Crippen LogP contribution in [-0.4, -0.2) is 35.8 Å². The Labute approximate surface area is 125 Å². The van der Waals surface area contributed by atoms with E-state index in [1.807, 2.05) is 6.92 Å². The summed E-state index contributed by atoms with van der Waals surface area (Å²) in [4.78, 5) is 25.2. The lowest BCUT2D eigenvalue weighted by Gasteiger charge is -2.21. The number of carbonyl (C=O) groups excluding carboxylic acids is 2. The van der Waals surface area contributed by atoms with Crippen molar-refractivity contribution in [2.75, 3.05) is 13.1 Å². The third kappa shape index (κ3) is 3.56. The number of nitrogens with one attached hydrogen (secondary N) is 1. The summed E-state index contributed by atoms with van der Waals surface area (Å²) in [6, 6.07) is 4.07. The minimum Gasteiger partial charge on any atom is -0.348 e. The minimum absolute atomic E-state index is 0.126. The minimum atomic E-state index is -0.472. The zero-order chi connectivity index (χ0) is 14.7. The molecule has 1 aliphatic rings. The van der Waals surface area contributed by atoms with Crippen molar-refractivity contribution >= 4 is 27.7 Å². The molecule has 1 aliphatic heterocycles. The van der Waals surface area contributed by atoms with E-state index in [9.17, 15) is 14.0 Å². The lowest BCUT2D eigenvalue weighted by Crippen LogP contribution is -2.42. The summed E-state index contributed by atoms with van der Waals surface area (Å²) in [7, 11) is 0. The van der Waals surface area contributed by atoms with E-state index in [0.29, 0.717) is 17.4 Å². The lowest BCUT2D eigenvalue weighted by atomic mass is 10.2. The normalized spacial score (nSPS) is 16.4. The van der Waals surface area contributed by atoms with Crippen LogP contribution in [0.4, 0.5) is 4.39 Å². The summed E-state index contributed by atoms with van der Waals surface area (Å²) >= 11 is 3.04. The largest absolute Gasteiger partial charge is 0.348 e. The van der Waals surface area contributed by atoms with Crippen LogP contribution in [0.25, 0.3) is 0 Å².